The molecule has 0 bridgehead atoms. The number of aliphatic hydroxyl groups is 1. The van der Waals surface area contributed by atoms with Crippen LogP contribution in [-0.2, 0) is 0 Å². The maximum Gasteiger partial charge on any atom is 0.180 e. The minimum absolute atomic E-state index is 0. The summed E-state index contributed by atoms with van der Waals surface area (Å²) in [4.78, 5) is 0. The molecule has 3 heteroatoms. The molecule has 0 fully saturated rings. The standard InChI is InChI=1S/C12H28NO.ClH/c1-4-6-8-10-13(3,12-14)11-9-7-5-2;/h14H,4-12H2,1-3H3;1H/q+1;/p-1. The van der Waals surface area contributed by atoms with E-state index in [1.54, 1.807) is 0 Å². The molecule has 0 saturated heterocycles. The molecule has 0 heterocycles. The average molecular weight is 238 g/mol. The zero-order valence-electron chi connectivity index (χ0n) is 10.6. The van der Waals surface area contributed by atoms with Crippen molar-refractivity contribution in [1.29, 1.82) is 0 Å². The molecule has 0 aliphatic rings. The van der Waals surface area contributed by atoms with Gasteiger partial charge in [-0.2, -0.15) is 0 Å². The maximum absolute atomic E-state index is 9.36. The molecule has 0 atom stereocenters. The Balaban J connectivity index is 0. The predicted octanol–water partition coefficient (Wildman–Crippen LogP) is -0.233. The molecule has 2 nitrogen and oxygen atoms in total. The third-order valence-electron chi connectivity index (χ3n) is 2.94. The summed E-state index contributed by atoms with van der Waals surface area (Å²) in [6.07, 6.45) is 7.61. The van der Waals surface area contributed by atoms with Crippen LogP contribution in [0.3, 0.4) is 0 Å². The van der Waals surface area contributed by atoms with E-state index in [-0.39, 0.29) is 12.4 Å². The lowest BCUT2D eigenvalue weighted by molar-refractivity contribution is -0.927. The minimum atomic E-state index is 0. The van der Waals surface area contributed by atoms with Gasteiger partial charge in [0.15, 0.2) is 6.73 Å². The highest BCUT2D eigenvalue weighted by atomic mass is 35.5. The monoisotopic (exact) mass is 237 g/mol. The average Bonchev–Trinajstić information content (AvgIpc) is 2.19. The predicted molar refractivity (Wildman–Crippen MR) is 62.1 cm³/mol. The zero-order valence-corrected chi connectivity index (χ0v) is 11.4. The molecule has 0 aromatic carbocycles. The molecule has 1 N–H and O–H groups in total. The third-order valence-corrected chi connectivity index (χ3v) is 2.94. The van der Waals surface area contributed by atoms with E-state index in [0.29, 0.717) is 6.73 Å². The Morgan fingerprint density at radius 1 is 0.867 bits per heavy atom. The Labute approximate surface area is 102 Å². The first kappa shape index (κ1) is 17.6. The van der Waals surface area contributed by atoms with Gasteiger partial charge in [-0.05, 0) is 25.7 Å². The van der Waals surface area contributed by atoms with Crippen LogP contribution in [0.15, 0.2) is 0 Å². The van der Waals surface area contributed by atoms with Crippen LogP contribution in [0.2, 0.25) is 0 Å². The lowest BCUT2D eigenvalue weighted by atomic mass is 10.2. The summed E-state index contributed by atoms with van der Waals surface area (Å²) in [6, 6.07) is 0. The first-order valence-electron chi connectivity index (χ1n) is 6.13. The summed E-state index contributed by atoms with van der Waals surface area (Å²) in [5, 5.41) is 9.36. The van der Waals surface area contributed by atoms with Crippen LogP contribution in [-0.4, -0.2) is 36.5 Å². The van der Waals surface area contributed by atoms with Gasteiger partial charge in [0, 0.05) is 0 Å². The molecule has 0 aromatic heterocycles. The fourth-order valence-electron chi connectivity index (χ4n) is 1.74. The van der Waals surface area contributed by atoms with E-state index >= 15 is 0 Å². The molecule has 0 radical (unpaired) electrons. The number of hydrogen-bond acceptors (Lipinski definition) is 1. The molecule has 0 aliphatic heterocycles. The second-order valence-electron chi connectivity index (χ2n) is 4.62. The molecule has 0 aliphatic carbocycles. The molecular formula is C12H28ClNO. The first-order valence-corrected chi connectivity index (χ1v) is 6.13. The van der Waals surface area contributed by atoms with Crippen molar-refractivity contribution < 1.29 is 22.0 Å². The summed E-state index contributed by atoms with van der Waals surface area (Å²) >= 11 is 0. The van der Waals surface area contributed by atoms with Crippen molar-refractivity contribution in [3.8, 4) is 0 Å². The van der Waals surface area contributed by atoms with Crippen molar-refractivity contribution in [3.05, 3.63) is 0 Å². The summed E-state index contributed by atoms with van der Waals surface area (Å²) in [6.45, 7) is 7.01. The van der Waals surface area contributed by atoms with Gasteiger partial charge in [0.25, 0.3) is 0 Å². The summed E-state index contributed by atoms with van der Waals surface area (Å²) in [5.74, 6) is 0. The molecule has 0 aromatic rings. The highest BCUT2D eigenvalue weighted by molar-refractivity contribution is 4.42. The summed E-state index contributed by atoms with van der Waals surface area (Å²) in [7, 11) is 2.17. The van der Waals surface area contributed by atoms with Crippen molar-refractivity contribution in [1.82, 2.24) is 0 Å². The maximum atomic E-state index is 9.36. The quantitative estimate of drug-likeness (QED) is 0.334. The molecule has 0 spiro atoms. The number of nitrogens with zero attached hydrogens (tertiary/aromatic N) is 1. The van der Waals surface area contributed by atoms with Gasteiger partial charge in [-0.25, -0.2) is 0 Å². The van der Waals surface area contributed by atoms with Crippen LogP contribution >= 0.6 is 0 Å². The number of unbranched alkanes of at least 4 members (excludes halogenated alkanes) is 4. The van der Waals surface area contributed by atoms with Crippen molar-refractivity contribution in [2.24, 2.45) is 0 Å². The lowest BCUT2D eigenvalue weighted by Gasteiger charge is -2.32. The topological polar surface area (TPSA) is 20.2 Å². The Hall–Kier alpha value is 0.210. The normalized spacial score (nSPS) is 11.2. The second kappa shape index (κ2) is 10.7. The van der Waals surface area contributed by atoms with E-state index in [9.17, 15) is 5.11 Å². The fourth-order valence-corrected chi connectivity index (χ4v) is 1.74. The molecule has 0 amide bonds. The molecular weight excluding hydrogens is 210 g/mol. The van der Waals surface area contributed by atoms with Gasteiger partial charge in [-0.15, -0.1) is 0 Å². The highest BCUT2D eigenvalue weighted by Crippen LogP contribution is 2.09. The van der Waals surface area contributed by atoms with Gasteiger partial charge in [0.2, 0.25) is 0 Å². The van der Waals surface area contributed by atoms with E-state index in [1.165, 1.54) is 38.5 Å². The number of aliphatic hydroxyl groups excluding tert-OH is 1. The molecule has 0 saturated carbocycles. The highest BCUT2D eigenvalue weighted by Gasteiger charge is 2.18. The van der Waals surface area contributed by atoms with Crippen molar-refractivity contribution in [2.45, 2.75) is 52.4 Å². The molecule has 15 heavy (non-hydrogen) atoms. The van der Waals surface area contributed by atoms with E-state index < -0.39 is 0 Å². The summed E-state index contributed by atoms with van der Waals surface area (Å²) < 4.78 is 0.847. The third kappa shape index (κ3) is 9.16. The Bertz CT molecular complexity index is 121. The fraction of sp³-hybridized carbons (Fsp3) is 1.00. The van der Waals surface area contributed by atoms with E-state index in [0.717, 1.165) is 17.6 Å². The van der Waals surface area contributed by atoms with E-state index in [4.69, 9.17) is 0 Å². The van der Waals surface area contributed by atoms with Crippen LogP contribution in [0, 0.1) is 0 Å². The van der Waals surface area contributed by atoms with Gasteiger partial charge in [-0.1, -0.05) is 26.7 Å². The van der Waals surface area contributed by atoms with Gasteiger partial charge < -0.3 is 22.0 Å². The largest absolute Gasteiger partial charge is 1.00 e. The number of halogens is 1. The summed E-state index contributed by atoms with van der Waals surface area (Å²) in [5.41, 5.74) is 0. The number of quaternary nitrogens is 1. The van der Waals surface area contributed by atoms with E-state index in [1.807, 2.05) is 0 Å². The second-order valence-corrected chi connectivity index (χ2v) is 4.62. The van der Waals surface area contributed by atoms with Crippen LogP contribution in [0.1, 0.15) is 52.4 Å². The van der Waals surface area contributed by atoms with E-state index in [2.05, 4.69) is 20.9 Å². The van der Waals surface area contributed by atoms with Crippen LogP contribution in [0.25, 0.3) is 0 Å². The van der Waals surface area contributed by atoms with Gasteiger partial charge >= 0.3 is 0 Å². The Morgan fingerprint density at radius 3 is 1.53 bits per heavy atom. The van der Waals surface area contributed by atoms with Gasteiger partial charge in [0.05, 0.1) is 20.1 Å². The molecule has 94 valence electrons. The van der Waals surface area contributed by atoms with Crippen molar-refractivity contribution in [2.75, 3.05) is 26.9 Å². The first-order chi connectivity index (χ1) is 6.68. The minimum Gasteiger partial charge on any atom is -1.00 e. The Kier molecular flexibility index (Phi) is 12.6. The van der Waals surface area contributed by atoms with Gasteiger partial charge in [-0.3, -0.25) is 0 Å². The van der Waals surface area contributed by atoms with Crippen LogP contribution < -0.4 is 12.4 Å². The number of rotatable bonds is 9. The molecule has 0 unspecified atom stereocenters. The lowest BCUT2D eigenvalue weighted by Crippen LogP contribution is -3.00. The smallest absolute Gasteiger partial charge is 0.180 e. The zero-order chi connectivity index (χ0) is 10.9. The molecule has 0 rings (SSSR count). The van der Waals surface area contributed by atoms with Crippen molar-refractivity contribution in [3.63, 3.8) is 0 Å². The van der Waals surface area contributed by atoms with Crippen LogP contribution in [0.5, 0.6) is 0 Å². The van der Waals surface area contributed by atoms with Crippen molar-refractivity contribution >= 4 is 0 Å². The Morgan fingerprint density at radius 2 is 1.27 bits per heavy atom. The van der Waals surface area contributed by atoms with Crippen LogP contribution in [0.4, 0.5) is 0 Å². The number of hydrogen-bond donors (Lipinski definition) is 1. The van der Waals surface area contributed by atoms with Gasteiger partial charge in [0.1, 0.15) is 0 Å². The SMILES string of the molecule is CCCCC[N+](C)(CO)CCCCC.[Cl-].